The van der Waals surface area contributed by atoms with Crippen LogP contribution in [0, 0.1) is 11.8 Å². The van der Waals surface area contributed by atoms with Crippen molar-refractivity contribution in [1.82, 2.24) is 5.32 Å². The summed E-state index contributed by atoms with van der Waals surface area (Å²) < 4.78 is 11.6. The number of nitrogens with one attached hydrogen (secondary N) is 1. The molecule has 0 amide bonds. The molecule has 2 aliphatic rings. The molecule has 3 heteroatoms. The van der Waals surface area contributed by atoms with Crippen LogP contribution >= 0.6 is 0 Å². The van der Waals surface area contributed by atoms with Crippen molar-refractivity contribution in [2.75, 3.05) is 26.4 Å². The Labute approximate surface area is 118 Å². The van der Waals surface area contributed by atoms with Crippen LogP contribution in [0.2, 0.25) is 0 Å². The van der Waals surface area contributed by atoms with Gasteiger partial charge in [0.1, 0.15) is 0 Å². The Balaban J connectivity index is 1.94. The summed E-state index contributed by atoms with van der Waals surface area (Å²) in [6, 6.07) is 0.654. The molecule has 0 aromatic carbocycles. The van der Waals surface area contributed by atoms with Crippen LogP contribution < -0.4 is 5.32 Å². The maximum atomic E-state index is 6.06. The first kappa shape index (κ1) is 15.3. The molecule has 1 spiro atoms. The standard InChI is InChI=1S/C16H31NO2/c1-4-7-17-15(10-13(2)3)14-5-8-19-16(11-14)6-9-18-12-16/h13-15,17H,4-12H2,1-3H3. The highest BCUT2D eigenvalue weighted by Gasteiger charge is 2.42. The van der Waals surface area contributed by atoms with Crippen molar-refractivity contribution in [1.29, 1.82) is 0 Å². The predicted molar refractivity (Wildman–Crippen MR) is 78.4 cm³/mol. The second kappa shape index (κ2) is 7.05. The van der Waals surface area contributed by atoms with Gasteiger partial charge in [0.05, 0.1) is 12.2 Å². The average Bonchev–Trinajstić information content (AvgIpc) is 2.82. The normalized spacial score (nSPS) is 33.2. The largest absolute Gasteiger partial charge is 0.378 e. The van der Waals surface area contributed by atoms with E-state index in [0.717, 1.165) is 44.6 Å². The summed E-state index contributed by atoms with van der Waals surface area (Å²) in [5.74, 6) is 1.51. The lowest BCUT2D eigenvalue weighted by molar-refractivity contribution is -0.103. The topological polar surface area (TPSA) is 30.5 Å². The van der Waals surface area contributed by atoms with Gasteiger partial charge in [0.2, 0.25) is 0 Å². The molecule has 2 aliphatic heterocycles. The van der Waals surface area contributed by atoms with Crippen LogP contribution in [-0.4, -0.2) is 38.0 Å². The minimum atomic E-state index is 0.0477. The molecule has 2 fully saturated rings. The molecule has 3 atom stereocenters. The van der Waals surface area contributed by atoms with E-state index in [9.17, 15) is 0 Å². The zero-order valence-electron chi connectivity index (χ0n) is 12.9. The quantitative estimate of drug-likeness (QED) is 0.804. The summed E-state index contributed by atoms with van der Waals surface area (Å²) in [4.78, 5) is 0. The molecule has 19 heavy (non-hydrogen) atoms. The first-order valence-electron chi connectivity index (χ1n) is 8.10. The van der Waals surface area contributed by atoms with Gasteiger partial charge in [-0.1, -0.05) is 20.8 Å². The number of hydrogen-bond donors (Lipinski definition) is 1. The summed E-state index contributed by atoms with van der Waals surface area (Å²) in [5, 5.41) is 3.78. The Morgan fingerprint density at radius 1 is 1.32 bits per heavy atom. The van der Waals surface area contributed by atoms with E-state index in [1.165, 1.54) is 25.7 Å². The highest BCUT2D eigenvalue weighted by Crippen LogP contribution is 2.38. The van der Waals surface area contributed by atoms with E-state index in [0.29, 0.717) is 6.04 Å². The zero-order chi connectivity index (χ0) is 13.7. The van der Waals surface area contributed by atoms with Gasteiger partial charge >= 0.3 is 0 Å². The van der Waals surface area contributed by atoms with E-state index in [4.69, 9.17) is 9.47 Å². The lowest BCUT2D eigenvalue weighted by Crippen LogP contribution is -2.47. The molecule has 0 radical (unpaired) electrons. The molecular weight excluding hydrogens is 238 g/mol. The van der Waals surface area contributed by atoms with Crippen molar-refractivity contribution < 1.29 is 9.47 Å². The SMILES string of the molecule is CCCNC(CC(C)C)C1CCOC2(CCOC2)C1. The molecule has 2 rings (SSSR count). The van der Waals surface area contributed by atoms with Crippen LogP contribution in [0.5, 0.6) is 0 Å². The summed E-state index contributed by atoms with van der Waals surface area (Å²) in [6.07, 6.45) is 5.97. The van der Waals surface area contributed by atoms with Gasteiger partial charge in [-0.15, -0.1) is 0 Å². The fourth-order valence-electron chi connectivity index (χ4n) is 3.55. The first-order valence-corrected chi connectivity index (χ1v) is 8.10. The molecule has 0 bridgehead atoms. The Hall–Kier alpha value is -0.120. The molecule has 2 heterocycles. The van der Waals surface area contributed by atoms with Crippen LogP contribution in [0.15, 0.2) is 0 Å². The molecule has 0 aromatic rings. The van der Waals surface area contributed by atoms with Crippen LogP contribution in [-0.2, 0) is 9.47 Å². The summed E-state index contributed by atoms with van der Waals surface area (Å²) in [7, 11) is 0. The predicted octanol–water partition coefficient (Wildman–Crippen LogP) is 2.99. The third kappa shape index (κ3) is 4.17. The molecule has 3 unspecified atom stereocenters. The van der Waals surface area contributed by atoms with Crippen molar-refractivity contribution in [2.45, 2.75) is 64.5 Å². The van der Waals surface area contributed by atoms with E-state index < -0.39 is 0 Å². The van der Waals surface area contributed by atoms with Gasteiger partial charge in [0, 0.05) is 25.7 Å². The number of hydrogen-bond acceptors (Lipinski definition) is 3. The number of ether oxygens (including phenoxy) is 2. The molecule has 1 N–H and O–H groups in total. The van der Waals surface area contributed by atoms with Crippen molar-refractivity contribution in [2.24, 2.45) is 11.8 Å². The van der Waals surface area contributed by atoms with Gasteiger partial charge < -0.3 is 14.8 Å². The van der Waals surface area contributed by atoms with Gasteiger partial charge in [0.15, 0.2) is 0 Å². The Morgan fingerprint density at radius 2 is 2.16 bits per heavy atom. The van der Waals surface area contributed by atoms with Crippen molar-refractivity contribution in [3.8, 4) is 0 Å². The maximum absolute atomic E-state index is 6.06. The number of rotatable bonds is 6. The molecule has 3 nitrogen and oxygen atoms in total. The summed E-state index contributed by atoms with van der Waals surface area (Å²) in [6.45, 7) is 10.6. The van der Waals surface area contributed by atoms with Crippen molar-refractivity contribution in [3.63, 3.8) is 0 Å². The molecule has 2 saturated heterocycles. The Kier molecular flexibility index (Phi) is 5.67. The highest BCUT2D eigenvalue weighted by atomic mass is 16.6. The first-order chi connectivity index (χ1) is 9.15. The van der Waals surface area contributed by atoms with E-state index in [-0.39, 0.29) is 5.60 Å². The van der Waals surface area contributed by atoms with Gasteiger partial charge in [-0.05, 0) is 44.1 Å². The smallest absolute Gasteiger partial charge is 0.0939 e. The van der Waals surface area contributed by atoms with Crippen LogP contribution in [0.3, 0.4) is 0 Å². The fraction of sp³-hybridized carbons (Fsp3) is 1.00. The highest BCUT2D eigenvalue weighted by molar-refractivity contribution is 4.93. The third-order valence-electron chi connectivity index (χ3n) is 4.55. The molecule has 0 aliphatic carbocycles. The molecular formula is C16H31NO2. The Bertz CT molecular complexity index is 261. The minimum Gasteiger partial charge on any atom is -0.378 e. The summed E-state index contributed by atoms with van der Waals surface area (Å²) in [5.41, 5.74) is 0.0477. The monoisotopic (exact) mass is 269 g/mol. The lowest BCUT2D eigenvalue weighted by atomic mass is 9.79. The second-order valence-corrected chi connectivity index (χ2v) is 6.78. The van der Waals surface area contributed by atoms with Gasteiger partial charge in [-0.3, -0.25) is 0 Å². The van der Waals surface area contributed by atoms with E-state index in [1.54, 1.807) is 0 Å². The zero-order valence-corrected chi connectivity index (χ0v) is 12.9. The van der Waals surface area contributed by atoms with Crippen molar-refractivity contribution in [3.05, 3.63) is 0 Å². The maximum Gasteiger partial charge on any atom is 0.0939 e. The minimum absolute atomic E-state index is 0.0477. The van der Waals surface area contributed by atoms with E-state index in [1.807, 2.05) is 0 Å². The average molecular weight is 269 g/mol. The molecule has 0 saturated carbocycles. The third-order valence-corrected chi connectivity index (χ3v) is 4.55. The molecule has 0 aromatic heterocycles. The molecule has 112 valence electrons. The van der Waals surface area contributed by atoms with Gasteiger partial charge in [-0.2, -0.15) is 0 Å². The van der Waals surface area contributed by atoms with E-state index >= 15 is 0 Å². The Morgan fingerprint density at radius 3 is 2.79 bits per heavy atom. The van der Waals surface area contributed by atoms with Crippen molar-refractivity contribution >= 4 is 0 Å². The summed E-state index contributed by atoms with van der Waals surface area (Å²) >= 11 is 0. The lowest BCUT2D eigenvalue weighted by Gasteiger charge is -2.41. The van der Waals surface area contributed by atoms with Gasteiger partial charge in [0.25, 0.3) is 0 Å². The van der Waals surface area contributed by atoms with Crippen LogP contribution in [0.1, 0.15) is 52.9 Å². The van der Waals surface area contributed by atoms with Crippen LogP contribution in [0.4, 0.5) is 0 Å². The van der Waals surface area contributed by atoms with Crippen LogP contribution in [0.25, 0.3) is 0 Å². The fourth-order valence-corrected chi connectivity index (χ4v) is 3.55. The second-order valence-electron chi connectivity index (χ2n) is 6.78. The van der Waals surface area contributed by atoms with E-state index in [2.05, 4.69) is 26.1 Å². The van der Waals surface area contributed by atoms with Gasteiger partial charge in [-0.25, -0.2) is 0 Å².